The van der Waals surface area contributed by atoms with Gasteiger partial charge in [0.05, 0.1) is 0 Å². The van der Waals surface area contributed by atoms with Gasteiger partial charge in [-0.25, -0.2) is 4.39 Å². The van der Waals surface area contributed by atoms with E-state index in [-0.39, 0.29) is 17.6 Å². The Hall–Kier alpha value is -3.67. The van der Waals surface area contributed by atoms with E-state index in [1.807, 2.05) is 59.5 Å². The van der Waals surface area contributed by atoms with Crippen LogP contribution in [0.25, 0.3) is 0 Å². The Bertz CT molecular complexity index is 1010. The fourth-order valence-electron chi connectivity index (χ4n) is 3.49. The Morgan fingerprint density at radius 1 is 0.733 bits per heavy atom. The predicted octanol–water partition coefficient (Wildman–Crippen LogP) is 4.04. The van der Waals surface area contributed by atoms with Gasteiger partial charge in [-0.05, 0) is 60.7 Å². The molecule has 3 aromatic carbocycles. The number of rotatable bonds is 4. The molecule has 1 aliphatic rings. The van der Waals surface area contributed by atoms with E-state index in [0.29, 0.717) is 29.9 Å². The summed E-state index contributed by atoms with van der Waals surface area (Å²) in [4.78, 5) is 28.9. The molecule has 0 atom stereocenters. The van der Waals surface area contributed by atoms with Crippen LogP contribution in [0.15, 0.2) is 78.9 Å². The van der Waals surface area contributed by atoms with Crippen LogP contribution in [0.4, 0.5) is 15.8 Å². The van der Waals surface area contributed by atoms with Gasteiger partial charge in [0.1, 0.15) is 5.82 Å². The standard InChI is InChI=1S/C24H22FN3O2/c25-20-8-6-18(7-9-20)23(29)26-21-10-12-22(13-11-21)27-14-16-28(17-15-27)24(30)19-4-2-1-3-5-19/h1-13H,14-17H2,(H,26,29). The summed E-state index contributed by atoms with van der Waals surface area (Å²) in [5.41, 5.74) is 2.83. The van der Waals surface area contributed by atoms with Crippen LogP contribution in [0.2, 0.25) is 0 Å². The van der Waals surface area contributed by atoms with E-state index in [1.165, 1.54) is 24.3 Å². The second-order valence-electron chi connectivity index (χ2n) is 7.15. The topological polar surface area (TPSA) is 52.7 Å². The summed E-state index contributed by atoms with van der Waals surface area (Å²) in [7, 11) is 0. The van der Waals surface area contributed by atoms with Crippen molar-refractivity contribution >= 4 is 23.2 Å². The number of piperazine rings is 1. The van der Waals surface area contributed by atoms with Crippen LogP contribution in [-0.4, -0.2) is 42.9 Å². The van der Waals surface area contributed by atoms with E-state index in [0.717, 1.165) is 18.8 Å². The molecule has 0 saturated carbocycles. The second kappa shape index (κ2) is 8.78. The number of nitrogens with zero attached hydrogens (tertiary/aromatic N) is 2. The average Bonchev–Trinajstić information content (AvgIpc) is 2.80. The first-order chi connectivity index (χ1) is 14.6. The maximum absolute atomic E-state index is 13.0. The molecule has 0 aromatic heterocycles. The molecule has 0 bridgehead atoms. The summed E-state index contributed by atoms with van der Waals surface area (Å²) in [6.45, 7) is 2.83. The SMILES string of the molecule is O=C(Nc1ccc(N2CCN(C(=O)c3ccccc3)CC2)cc1)c1ccc(F)cc1. The Labute approximate surface area is 174 Å². The number of amides is 2. The van der Waals surface area contributed by atoms with E-state index < -0.39 is 0 Å². The third-order valence-electron chi connectivity index (χ3n) is 5.18. The number of hydrogen-bond acceptors (Lipinski definition) is 3. The maximum atomic E-state index is 13.0. The largest absolute Gasteiger partial charge is 0.368 e. The third-order valence-corrected chi connectivity index (χ3v) is 5.18. The fraction of sp³-hybridized carbons (Fsp3) is 0.167. The highest BCUT2D eigenvalue weighted by Crippen LogP contribution is 2.21. The summed E-state index contributed by atoms with van der Waals surface area (Å²) >= 11 is 0. The molecule has 5 nitrogen and oxygen atoms in total. The molecule has 6 heteroatoms. The van der Waals surface area contributed by atoms with Gasteiger partial charge in [-0.15, -0.1) is 0 Å². The smallest absolute Gasteiger partial charge is 0.255 e. The van der Waals surface area contributed by atoms with Crippen LogP contribution < -0.4 is 10.2 Å². The minimum Gasteiger partial charge on any atom is -0.368 e. The summed E-state index contributed by atoms with van der Waals surface area (Å²) in [6.07, 6.45) is 0. The molecule has 0 radical (unpaired) electrons. The molecule has 0 unspecified atom stereocenters. The molecule has 1 heterocycles. The van der Waals surface area contributed by atoms with E-state index in [1.54, 1.807) is 0 Å². The highest BCUT2D eigenvalue weighted by molar-refractivity contribution is 6.04. The van der Waals surface area contributed by atoms with Gasteiger partial charge < -0.3 is 15.1 Å². The van der Waals surface area contributed by atoms with Crippen molar-refractivity contribution in [2.45, 2.75) is 0 Å². The Morgan fingerprint density at radius 3 is 2.00 bits per heavy atom. The van der Waals surface area contributed by atoms with Gasteiger partial charge >= 0.3 is 0 Å². The van der Waals surface area contributed by atoms with Crippen LogP contribution in [0.3, 0.4) is 0 Å². The zero-order valence-electron chi connectivity index (χ0n) is 16.4. The summed E-state index contributed by atoms with van der Waals surface area (Å²) in [6, 6.07) is 22.4. The van der Waals surface area contributed by atoms with Crippen LogP contribution in [-0.2, 0) is 0 Å². The molecular formula is C24H22FN3O2. The first-order valence-corrected chi connectivity index (χ1v) is 9.86. The van der Waals surface area contributed by atoms with Gasteiger partial charge in [0.15, 0.2) is 0 Å². The molecule has 3 aromatic rings. The Balaban J connectivity index is 1.33. The number of carbonyl (C=O) groups is 2. The minimum absolute atomic E-state index is 0.0640. The molecule has 1 N–H and O–H groups in total. The molecular weight excluding hydrogens is 381 g/mol. The highest BCUT2D eigenvalue weighted by atomic mass is 19.1. The van der Waals surface area contributed by atoms with Crippen molar-refractivity contribution in [1.82, 2.24) is 4.90 Å². The van der Waals surface area contributed by atoms with Crippen molar-refractivity contribution < 1.29 is 14.0 Å². The normalized spacial score (nSPS) is 13.8. The van der Waals surface area contributed by atoms with Crippen LogP contribution in [0.1, 0.15) is 20.7 Å². The van der Waals surface area contributed by atoms with Gasteiger partial charge in [-0.2, -0.15) is 0 Å². The van der Waals surface area contributed by atoms with Crippen molar-refractivity contribution in [2.24, 2.45) is 0 Å². The van der Waals surface area contributed by atoms with Crippen molar-refractivity contribution in [2.75, 3.05) is 36.4 Å². The monoisotopic (exact) mass is 403 g/mol. The molecule has 1 fully saturated rings. The first-order valence-electron chi connectivity index (χ1n) is 9.86. The summed E-state index contributed by atoms with van der Waals surface area (Å²) in [5, 5.41) is 2.82. The van der Waals surface area contributed by atoms with Gasteiger partial charge in [-0.3, -0.25) is 9.59 Å². The van der Waals surface area contributed by atoms with E-state index >= 15 is 0 Å². The maximum Gasteiger partial charge on any atom is 0.255 e. The molecule has 2 amide bonds. The lowest BCUT2D eigenvalue weighted by Gasteiger charge is -2.36. The molecule has 4 rings (SSSR count). The van der Waals surface area contributed by atoms with Crippen LogP contribution >= 0.6 is 0 Å². The minimum atomic E-state index is -0.374. The predicted molar refractivity (Wildman–Crippen MR) is 115 cm³/mol. The second-order valence-corrected chi connectivity index (χ2v) is 7.15. The Morgan fingerprint density at radius 2 is 1.37 bits per heavy atom. The number of halogens is 1. The number of anilines is 2. The van der Waals surface area contributed by atoms with Crippen LogP contribution in [0.5, 0.6) is 0 Å². The van der Waals surface area contributed by atoms with Gasteiger partial charge in [0.25, 0.3) is 11.8 Å². The molecule has 152 valence electrons. The van der Waals surface area contributed by atoms with Crippen molar-refractivity contribution in [1.29, 1.82) is 0 Å². The molecule has 0 spiro atoms. The van der Waals surface area contributed by atoms with Gasteiger partial charge in [0.2, 0.25) is 0 Å². The fourth-order valence-corrected chi connectivity index (χ4v) is 3.49. The lowest BCUT2D eigenvalue weighted by atomic mass is 10.1. The number of nitrogens with one attached hydrogen (secondary N) is 1. The zero-order valence-corrected chi connectivity index (χ0v) is 16.4. The Kier molecular flexibility index (Phi) is 5.75. The van der Waals surface area contributed by atoms with Crippen molar-refractivity contribution in [3.8, 4) is 0 Å². The number of hydrogen-bond donors (Lipinski definition) is 1. The van der Waals surface area contributed by atoms with E-state index in [4.69, 9.17) is 0 Å². The van der Waals surface area contributed by atoms with Gasteiger partial charge in [-0.1, -0.05) is 18.2 Å². The van der Waals surface area contributed by atoms with Gasteiger partial charge in [0, 0.05) is 48.7 Å². The summed E-state index contributed by atoms with van der Waals surface area (Å²) < 4.78 is 13.0. The third kappa shape index (κ3) is 4.49. The van der Waals surface area contributed by atoms with Crippen molar-refractivity contribution in [3.05, 3.63) is 95.8 Å². The first kappa shape index (κ1) is 19.6. The molecule has 1 saturated heterocycles. The van der Waals surface area contributed by atoms with Crippen LogP contribution in [0, 0.1) is 5.82 Å². The van der Waals surface area contributed by atoms with Crippen molar-refractivity contribution in [3.63, 3.8) is 0 Å². The quantitative estimate of drug-likeness (QED) is 0.715. The zero-order chi connectivity index (χ0) is 20.9. The molecule has 1 aliphatic heterocycles. The number of carbonyl (C=O) groups excluding carboxylic acids is 2. The lowest BCUT2D eigenvalue weighted by molar-refractivity contribution is 0.0746. The molecule has 30 heavy (non-hydrogen) atoms. The highest BCUT2D eigenvalue weighted by Gasteiger charge is 2.22. The lowest BCUT2D eigenvalue weighted by Crippen LogP contribution is -2.48. The average molecular weight is 403 g/mol. The number of benzene rings is 3. The van der Waals surface area contributed by atoms with E-state index in [9.17, 15) is 14.0 Å². The molecule has 0 aliphatic carbocycles. The summed E-state index contributed by atoms with van der Waals surface area (Å²) in [5.74, 6) is -0.591. The van der Waals surface area contributed by atoms with E-state index in [2.05, 4.69) is 10.2 Å².